The molecule has 5 N–H and O–H groups in total. The number of rotatable bonds is 2. The zero-order chi connectivity index (χ0) is 15.0. The van der Waals surface area contributed by atoms with Gasteiger partial charge in [0, 0.05) is 11.1 Å². The van der Waals surface area contributed by atoms with E-state index in [1.165, 1.54) is 6.07 Å². The summed E-state index contributed by atoms with van der Waals surface area (Å²) in [5.74, 6) is -3.53. The predicted molar refractivity (Wildman–Crippen MR) is 72.3 cm³/mol. The first-order chi connectivity index (χ1) is 9.31. The highest BCUT2D eigenvalue weighted by Gasteiger charge is 2.17. The molecule has 104 valence electrons. The van der Waals surface area contributed by atoms with Crippen LogP contribution in [0.4, 0.5) is 0 Å². The van der Waals surface area contributed by atoms with Crippen molar-refractivity contribution in [3.05, 3.63) is 39.9 Å². The van der Waals surface area contributed by atoms with Gasteiger partial charge in [0.2, 0.25) is 0 Å². The number of ketones is 1. The van der Waals surface area contributed by atoms with Crippen LogP contribution in [0.25, 0.3) is 0 Å². The third-order valence-corrected chi connectivity index (χ3v) is 3.24. The molecule has 0 fully saturated rings. The monoisotopic (exact) mass is 340 g/mol. The molecule has 0 aromatic heterocycles. The molecule has 0 amide bonds. The number of hydrogen-bond acceptors (Lipinski definition) is 6. The zero-order valence-electron chi connectivity index (χ0n) is 9.83. The summed E-state index contributed by atoms with van der Waals surface area (Å²) >= 11 is 2.98. The molecule has 7 heteroatoms. The molecule has 2 aromatic rings. The number of aromatic hydroxyl groups is 5. The largest absolute Gasteiger partial charge is 0.504 e. The van der Waals surface area contributed by atoms with Crippen LogP contribution in [0.2, 0.25) is 0 Å². The SMILES string of the molecule is O=C(c1cc(O)c(O)c(O)c1)c1cc(O)c(O)c(Br)c1. The molecule has 0 radical (unpaired) electrons. The fraction of sp³-hybridized carbons (Fsp3) is 0. The van der Waals surface area contributed by atoms with E-state index in [1.807, 2.05) is 0 Å². The van der Waals surface area contributed by atoms with Crippen molar-refractivity contribution in [1.29, 1.82) is 0 Å². The maximum absolute atomic E-state index is 12.2. The second kappa shape index (κ2) is 4.93. The maximum Gasteiger partial charge on any atom is 0.200 e. The number of halogens is 1. The summed E-state index contributed by atoms with van der Waals surface area (Å²) in [5.41, 5.74) is -0.0635. The van der Waals surface area contributed by atoms with Crippen LogP contribution in [0, 0.1) is 0 Å². The molecule has 0 aliphatic heterocycles. The minimum atomic E-state index is -0.726. The summed E-state index contributed by atoms with van der Waals surface area (Å²) in [4.78, 5) is 12.2. The van der Waals surface area contributed by atoms with Gasteiger partial charge in [-0.2, -0.15) is 0 Å². The summed E-state index contributed by atoms with van der Waals surface area (Å²) in [6, 6.07) is 4.28. The second-order valence-electron chi connectivity index (χ2n) is 4.02. The lowest BCUT2D eigenvalue weighted by Gasteiger charge is -2.07. The lowest BCUT2D eigenvalue weighted by atomic mass is 10.0. The fourth-order valence-electron chi connectivity index (χ4n) is 1.62. The van der Waals surface area contributed by atoms with Gasteiger partial charge in [-0.25, -0.2) is 0 Å². The van der Waals surface area contributed by atoms with Gasteiger partial charge in [-0.3, -0.25) is 4.79 Å². The van der Waals surface area contributed by atoms with Crippen molar-refractivity contribution in [3.8, 4) is 28.7 Å². The molecule has 0 saturated heterocycles. The summed E-state index contributed by atoms with van der Waals surface area (Å²) < 4.78 is 0.119. The Bertz CT molecular complexity index is 604. The Labute approximate surface area is 121 Å². The standard InChI is InChI=1S/C13H9BrO6/c14-7-1-5(2-8(15)12(7)19)11(18)6-3-9(16)13(20)10(17)4-6/h1-4,15-17,19-20H. The third-order valence-electron chi connectivity index (χ3n) is 2.64. The molecule has 0 aliphatic rings. The number of phenolic OH excluding ortho intramolecular Hbond substituents is 5. The molecule has 0 saturated carbocycles. The normalized spacial score (nSPS) is 10.4. The van der Waals surface area contributed by atoms with E-state index < -0.39 is 34.5 Å². The van der Waals surface area contributed by atoms with E-state index in [0.29, 0.717) is 0 Å². The van der Waals surface area contributed by atoms with Gasteiger partial charge in [-0.1, -0.05) is 0 Å². The van der Waals surface area contributed by atoms with Gasteiger partial charge >= 0.3 is 0 Å². The Morgan fingerprint density at radius 1 is 0.750 bits per heavy atom. The fourth-order valence-corrected chi connectivity index (χ4v) is 2.07. The Morgan fingerprint density at radius 2 is 1.15 bits per heavy atom. The first-order valence-corrected chi connectivity index (χ1v) is 6.11. The van der Waals surface area contributed by atoms with Crippen LogP contribution in [0.5, 0.6) is 28.7 Å². The molecule has 0 unspecified atom stereocenters. The van der Waals surface area contributed by atoms with Crippen molar-refractivity contribution < 1.29 is 30.3 Å². The molecule has 0 atom stereocenters. The molecule has 20 heavy (non-hydrogen) atoms. The number of hydrogen-bond donors (Lipinski definition) is 5. The molecular weight excluding hydrogens is 332 g/mol. The van der Waals surface area contributed by atoms with Crippen molar-refractivity contribution in [1.82, 2.24) is 0 Å². The molecular formula is C13H9BrO6. The van der Waals surface area contributed by atoms with Crippen LogP contribution in [-0.2, 0) is 0 Å². The zero-order valence-corrected chi connectivity index (χ0v) is 11.4. The van der Waals surface area contributed by atoms with Gasteiger partial charge in [0.25, 0.3) is 0 Å². The molecule has 2 aromatic carbocycles. The van der Waals surface area contributed by atoms with E-state index in [2.05, 4.69) is 15.9 Å². The Balaban J connectivity index is 2.52. The van der Waals surface area contributed by atoms with E-state index in [-0.39, 0.29) is 15.6 Å². The van der Waals surface area contributed by atoms with Gasteiger partial charge in [-0.15, -0.1) is 0 Å². The van der Waals surface area contributed by atoms with Gasteiger partial charge in [-0.05, 0) is 40.2 Å². The first kappa shape index (κ1) is 14.0. The van der Waals surface area contributed by atoms with E-state index in [9.17, 15) is 30.3 Å². The molecule has 0 spiro atoms. The average molecular weight is 341 g/mol. The van der Waals surface area contributed by atoms with Crippen LogP contribution < -0.4 is 0 Å². The highest BCUT2D eigenvalue weighted by molar-refractivity contribution is 9.10. The Morgan fingerprint density at radius 3 is 1.60 bits per heavy atom. The summed E-state index contributed by atoms with van der Waals surface area (Å²) in [5, 5.41) is 46.8. The number of benzene rings is 2. The van der Waals surface area contributed by atoms with E-state index in [0.717, 1.165) is 18.2 Å². The Hall–Kier alpha value is -2.41. The highest BCUT2D eigenvalue weighted by Crippen LogP contribution is 2.38. The van der Waals surface area contributed by atoms with Crippen LogP contribution in [0.1, 0.15) is 15.9 Å². The lowest BCUT2D eigenvalue weighted by Crippen LogP contribution is -2.01. The van der Waals surface area contributed by atoms with E-state index in [4.69, 9.17) is 0 Å². The molecule has 2 rings (SSSR count). The first-order valence-electron chi connectivity index (χ1n) is 5.32. The van der Waals surface area contributed by atoms with Gasteiger partial charge in [0.15, 0.2) is 34.5 Å². The van der Waals surface area contributed by atoms with Gasteiger partial charge in [0.1, 0.15) is 0 Å². The Kier molecular flexibility index (Phi) is 3.46. The highest BCUT2D eigenvalue weighted by atomic mass is 79.9. The van der Waals surface area contributed by atoms with E-state index >= 15 is 0 Å². The van der Waals surface area contributed by atoms with Crippen molar-refractivity contribution in [2.75, 3.05) is 0 Å². The quantitative estimate of drug-likeness (QED) is 0.422. The predicted octanol–water partition coefficient (Wildman–Crippen LogP) is 2.21. The maximum atomic E-state index is 12.2. The van der Waals surface area contributed by atoms with Crippen molar-refractivity contribution in [2.24, 2.45) is 0 Å². The molecule has 0 heterocycles. The van der Waals surface area contributed by atoms with Crippen molar-refractivity contribution in [3.63, 3.8) is 0 Å². The van der Waals surface area contributed by atoms with Gasteiger partial charge < -0.3 is 25.5 Å². The number of phenols is 5. The van der Waals surface area contributed by atoms with Crippen molar-refractivity contribution >= 4 is 21.7 Å². The third kappa shape index (κ3) is 2.35. The van der Waals surface area contributed by atoms with Gasteiger partial charge in [0.05, 0.1) is 4.47 Å². The summed E-state index contributed by atoms with van der Waals surface area (Å²) in [7, 11) is 0. The molecule has 6 nitrogen and oxygen atoms in total. The van der Waals surface area contributed by atoms with Crippen molar-refractivity contribution in [2.45, 2.75) is 0 Å². The average Bonchev–Trinajstić information content (AvgIpc) is 2.40. The van der Waals surface area contributed by atoms with Crippen LogP contribution in [-0.4, -0.2) is 31.3 Å². The van der Waals surface area contributed by atoms with Crippen LogP contribution in [0.15, 0.2) is 28.7 Å². The van der Waals surface area contributed by atoms with E-state index in [1.54, 1.807) is 0 Å². The number of carbonyl (C=O) groups is 1. The lowest BCUT2D eigenvalue weighted by molar-refractivity contribution is 0.103. The second-order valence-corrected chi connectivity index (χ2v) is 4.87. The summed E-state index contributed by atoms with van der Waals surface area (Å²) in [6.07, 6.45) is 0. The molecule has 0 bridgehead atoms. The minimum absolute atomic E-state index is 0.0247. The topological polar surface area (TPSA) is 118 Å². The summed E-state index contributed by atoms with van der Waals surface area (Å²) in [6.45, 7) is 0. The van der Waals surface area contributed by atoms with Crippen LogP contribution in [0.3, 0.4) is 0 Å². The minimum Gasteiger partial charge on any atom is -0.504 e. The number of carbonyl (C=O) groups excluding carboxylic acids is 1. The van der Waals surface area contributed by atoms with Crippen LogP contribution >= 0.6 is 15.9 Å². The smallest absolute Gasteiger partial charge is 0.200 e. The molecule has 0 aliphatic carbocycles.